The summed E-state index contributed by atoms with van der Waals surface area (Å²) in [5.74, 6) is 1.69. The maximum Gasteiger partial charge on any atom is 0.150 e. The fourth-order valence-corrected chi connectivity index (χ4v) is 1.52. The summed E-state index contributed by atoms with van der Waals surface area (Å²) in [5, 5.41) is 6.92. The van der Waals surface area contributed by atoms with Crippen LogP contribution in [0.5, 0.6) is 5.75 Å². The van der Waals surface area contributed by atoms with Crippen molar-refractivity contribution in [1.29, 1.82) is 0 Å². The molecule has 94 valence electrons. The van der Waals surface area contributed by atoms with E-state index >= 15 is 0 Å². The fourth-order valence-electron chi connectivity index (χ4n) is 1.52. The molecule has 1 aromatic heterocycles. The molecule has 1 N–H and O–H groups in total. The van der Waals surface area contributed by atoms with Gasteiger partial charge in [0.25, 0.3) is 0 Å². The summed E-state index contributed by atoms with van der Waals surface area (Å²) in [4.78, 5) is 0. The van der Waals surface area contributed by atoms with E-state index in [4.69, 9.17) is 9.26 Å². The number of benzene rings is 1. The molecule has 0 saturated heterocycles. The predicted octanol–water partition coefficient (Wildman–Crippen LogP) is 2.53. The van der Waals surface area contributed by atoms with Gasteiger partial charge in [-0.3, -0.25) is 0 Å². The van der Waals surface area contributed by atoms with E-state index in [9.17, 15) is 0 Å². The van der Waals surface area contributed by atoms with Gasteiger partial charge in [0.15, 0.2) is 0 Å². The van der Waals surface area contributed by atoms with Crippen LogP contribution in [0, 0.1) is 0 Å². The van der Waals surface area contributed by atoms with Crippen molar-refractivity contribution in [3.63, 3.8) is 0 Å². The van der Waals surface area contributed by atoms with Crippen molar-refractivity contribution in [1.82, 2.24) is 10.5 Å². The van der Waals surface area contributed by atoms with Crippen LogP contribution in [0.3, 0.4) is 0 Å². The summed E-state index contributed by atoms with van der Waals surface area (Å²) in [5.41, 5.74) is 1.19. The molecule has 0 atom stereocenters. The van der Waals surface area contributed by atoms with Crippen molar-refractivity contribution in [2.45, 2.75) is 13.1 Å². The molecule has 2 rings (SSSR count). The minimum atomic E-state index is 0.531. The minimum absolute atomic E-state index is 0.531. The number of nitrogens with one attached hydrogen (secondary N) is 1. The van der Waals surface area contributed by atoms with Crippen LogP contribution in [0.15, 0.2) is 53.7 Å². The van der Waals surface area contributed by atoms with Gasteiger partial charge >= 0.3 is 0 Å². The molecule has 2 aromatic rings. The van der Waals surface area contributed by atoms with Crippen molar-refractivity contribution < 1.29 is 9.26 Å². The molecular weight excluding hydrogens is 228 g/mol. The van der Waals surface area contributed by atoms with Gasteiger partial charge in [0.2, 0.25) is 0 Å². The van der Waals surface area contributed by atoms with Gasteiger partial charge in [0, 0.05) is 12.6 Å². The van der Waals surface area contributed by atoms with E-state index in [0.29, 0.717) is 13.2 Å². The zero-order valence-electron chi connectivity index (χ0n) is 10.1. The molecule has 0 spiro atoms. The van der Waals surface area contributed by atoms with Crippen LogP contribution in [0.25, 0.3) is 0 Å². The van der Waals surface area contributed by atoms with E-state index in [1.165, 1.54) is 5.56 Å². The number of nitrogens with zero attached hydrogens (tertiary/aromatic N) is 1. The van der Waals surface area contributed by atoms with Crippen LogP contribution in [-0.4, -0.2) is 11.8 Å². The second kappa shape index (κ2) is 6.61. The Bertz CT molecular complexity index is 463. The molecule has 4 heteroatoms. The van der Waals surface area contributed by atoms with Crippen LogP contribution in [0.4, 0.5) is 0 Å². The number of hydrogen-bond acceptors (Lipinski definition) is 4. The smallest absolute Gasteiger partial charge is 0.150 e. The summed E-state index contributed by atoms with van der Waals surface area (Å²) >= 11 is 0. The highest BCUT2D eigenvalue weighted by Crippen LogP contribution is 2.12. The van der Waals surface area contributed by atoms with Gasteiger partial charge in [-0.05, 0) is 17.7 Å². The molecule has 0 amide bonds. The van der Waals surface area contributed by atoms with Gasteiger partial charge in [-0.15, -0.1) is 0 Å². The first kappa shape index (κ1) is 12.4. The zero-order chi connectivity index (χ0) is 12.6. The SMILES string of the molecule is C=CCOc1ccc(CNCc2ccno2)cc1. The third-order valence-corrected chi connectivity index (χ3v) is 2.41. The van der Waals surface area contributed by atoms with E-state index in [2.05, 4.69) is 17.1 Å². The highest BCUT2D eigenvalue weighted by atomic mass is 16.5. The molecule has 0 bridgehead atoms. The van der Waals surface area contributed by atoms with Crippen LogP contribution in [0.2, 0.25) is 0 Å². The average Bonchev–Trinajstić information content (AvgIpc) is 2.91. The topological polar surface area (TPSA) is 47.3 Å². The lowest BCUT2D eigenvalue weighted by Crippen LogP contribution is -2.12. The largest absolute Gasteiger partial charge is 0.490 e. The molecular formula is C14H16N2O2. The van der Waals surface area contributed by atoms with Crippen molar-refractivity contribution in [3.8, 4) is 5.75 Å². The summed E-state index contributed by atoms with van der Waals surface area (Å²) in [6.07, 6.45) is 3.37. The van der Waals surface area contributed by atoms with E-state index in [1.807, 2.05) is 30.3 Å². The molecule has 0 unspecified atom stereocenters. The highest BCUT2D eigenvalue weighted by Gasteiger charge is 1.98. The Morgan fingerprint density at radius 3 is 2.72 bits per heavy atom. The molecule has 0 aliphatic heterocycles. The second-order valence-electron chi connectivity index (χ2n) is 3.83. The third kappa shape index (κ3) is 3.75. The molecule has 0 saturated carbocycles. The van der Waals surface area contributed by atoms with Gasteiger partial charge in [0.05, 0.1) is 12.7 Å². The monoisotopic (exact) mass is 244 g/mol. The lowest BCUT2D eigenvalue weighted by Gasteiger charge is -2.05. The lowest BCUT2D eigenvalue weighted by atomic mass is 10.2. The van der Waals surface area contributed by atoms with Gasteiger partial charge in [-0.2, -0.15) is 0 Å². The van der Waals surface area contributed by atoms with E-state index in [0.717, 1.165) is 18.1 Å². The van der Waals surface area contributed by atoms with Gasteiger partial charge in [-0.1, -0.05) is 29.9 Å². The second-order valence-corrected chi connectivity index (χ2v) is 3.83. The standard InChI is InChI=1S/C14H16N2O2/c1-2-9-17-13-5-3-12(4-6-13)10-15-11-14-7-8-16-18-14/h2-8,15H,1,9-11H2. The molecule has 0 radical (unpaired) electrons. The molecule has 0 aliphatic carbocycles. The predicted molar refractivity (Wildman–Crippen MR) is 69.2 cm³/mol. The number of hydrogen-bond donors (Lipinski definition) is 1. The van der Waals surface area contributed by atoms with Crippen LogP contribution in [-0.2, 0) is 13.1 Å². The van der Waals surface area contributed by atoms with E-state index in [1.54, 1.807) is 12.3 Å². The van der Waals surface area contributed by atoms with Crippen LogP contribution in [0.1, 0.15) is 11.3 Å². The number of ether oxygens (including phenoxy) is 1. The molecule has 0 aliphatic rings. The number of aromatic nitrogens is 1. The molecule has 0 fully saturated rings. The van der Waals surface area contributed by atoms with E-state index < -0.39 is 0 Å². The van der Waals surface area contributed by atoms with Gasteiger partial charge in [0.1, 0.15) is 18.1 Å². The zero-order valence-corrected chi connectivity index (χ0v) is 10.1. The maximum absolute atomic E-state index is 5.41. The van der Waals surface area contributed by atoms with Gasteiger partial charge in [-0.25, -0.2) is 0 Å². The molecule has 1 aromatic carbocycles. The van der Waals surface area contributed by atoms with Crippen molar-refractivity contribution >= 4 is 0 Å². The van der Waals surface area contributed by atoms with Crippen LogP contribution < -0.4 is 10.1 Å². The van der Waals surface area contributed by atoms with Gasteiger partial charge < -0.3 is 14.6 Å². The first-order chi connectivity index (χ1) is 8.88. The highest BCUT2D eigenvalue weighted by molar-refractivity contribution is 5.27. The van der Waals surface area contributed by atoms with E-state index in [-0.39, 0.29) is 0 Å². The van der Waals surface area contributed by atoms with Crippen molar-refractivity contribution in [3.05, 3.63) is 60.5 Å². The third-order valence-electron chi connectivity index (χ3n) is 2.41. The first-order valence-corrected chi connectivity index (χ1v) is 5.81. The summed E-state index contributed by atoms with van der Waals surface area (Å²) in [6.45, 7) is 5.60. The maximum atomic E-state index is 5.41. The normalized spacial score (nSPS) is 10.2. The number of rotatable bonds is 7. The summed E-state index contributed by atoms with van der Waals surface area (Å²) < 4.78 is 10.4. The summed E-state index contributed by atoms with van der Waals surface area (Å²) in [7, 11) is 0. The Balaban J connectivity index is 1.77. The Morgan fingerprint density at radius 1 is 1.22 bits per heavy atom. The van der Waals surface area contributed by atoms with Crippen molar-refractivity contribution in [2.24, 2.45) is 0 Å². The Labute approximate surface area is 106 Å². The van der Waals surface area contributed by atoms with Crippen LogP contribution >= 0.6 is 0 Å². The quantitative estimate of drug-likeness (QED) is 0.760. The first-order valence-electron chi connectivity index (χ1n) is 5.81. The molecule has 1 heterocycles. The molecule has 4 nitrogen and oxygen atoms in total. The fraction of sp³-hybridized carbons (Fsp3) is 0.214. The lowest BCUT2D eigenvalue weighted by molar-refractivity contribution is 0.363. The Kier molecular flexibility index (Phi) is 4.55. The average molecular weight is 244 g/mol. The minimum Gasteiger partial charge on any atom is -0.490 e. The summed E-state index contributed by atoms with van der Waals surface area (Å²) in [6, 6.07) is 9.82. The Hall–Kier alpha value is -2.07. The van der Waals surface area contributed by atoms with Crippen molar-refractivity contribution in [2.75, 3.05) is 6.61 Å². The molecule has 18 heavy (non-hydrogen) atoms. The Morgan fingerprint density at radius 2 is 2.06 bits per heavy atom.